The highest BCUT2D eigenvalue weighted by molar-refractivity contribution is 5.70. The van der Waals surface area contributed by atoms with Gasteiger partial charge < -0.3 is 15.6 Å². The first kappa shape index (κ1) is 13.4. The standard InChI is InChI=1S/C10H21NO3/c1-4-10(3,7-12)8(11)6-9(13)14-5-2/h8,12H,4-7,11H2,1-3H3. The van der Waals surface area contributed by atoms with E-state index in [9.17, 15) is 4.79 Å². The molecule has 3 N–H and O–H groups in total. The van der Waals surface area contributed by atoms with Crippen LogP contribution in [0, 0.1) is 5.41 Å². The van der Waals surface area contributed by atoms with Gasteiger partial charge in [-0.3, -0.25) is 4.79 Å². The Balaban J connectivity index is 4.17. The van der Waals surface area contributed by atoms with Crippen molar-refractivity contribution in [1.82, 2.24) is 0 Å². The number of nitrogens with two attached hydrogens (primary N) is 1. The second kappa shape index (κ2) is 5.98. The molecule has 4 nitrogen and oxygen atoms in total. The summed E-state index contributed by atoms with van der Waals surface area (Å²) in [5.41, 5.74) is 5.45. The summed E-state index contributed by atoms with van der Waals surface area (Å²) < 4.78 is 4.80. The number of esters is 1. The van der Waals surface area contributed by atoms with E-state index in [2.05, 4.69) is 0 Å². The van der Waals surface area contributed by atoms with Crippen LogP contribution in [0.5, 0.6) is 0 Å². The Labute approximate surface area is 85.4 Å². The maximum absolute atomic E-state index is 11.1. The van der Waals surface area contributed by atoms with Crippen molar-refractivity contribution in [3.8, 4) is 0 Å². The van der Waals surface area contributed by atoms with Crippen molar-refractivity contribution in [3.63, 3.8) is 0 Å². The zero-order valence-electron chi connectivity index (χ0n) is 9.25. The summed E-state index contributed by atoms with van der Waals surface area (Å²) in [5, 5.41) is 9.17. The van der Waals surface area contributed by atoms with Gasteiger partial charge in [0.1, 0.15) is 0 Å². The number of hydrogen-bond acceptors (Lipinski definition) is 4. The highest BCUT2D eigenvalue weighted by Crippen LogP contribution is 2.25. The molecule has 0 fully saturated rings. The first-order valence-electron chi connectivity index (χ1n) is 5.02. The Morgan fingerprint density at radius 1 is 1.57 bits per heavy atom. The van der Waals surface area contributed by atoms with Gasteiger partial charge in [0.05, 0.1) is 13.0 Å². The van der Waals surface area contributed by atoms with E-state index < -0.39 is 5.41 Å². The van der Waals surface area contributed by atoms with Crippen LogP contribution in [0.4, 0.5) is 0 Å². The average Bonchev–Trinajstić information content (AvgIpc) is 2.16. The largest absolute Gasteiger partial charge is 0.466 e. The molecule has 2 atom stereocenters. The van der Waals surface area contributed by atoms with Gasteiger partial charge in [0.15, 0.2) is 0 Å². The number of carbonyl (C=O) groups excluding carboxylic acids is 1. The molecule has 0 heterocycles. The number of aliphatic hydroxyl groups is 1. The lowest BCUT2D eigenvalue weighted by molar-refractivity contribution is -0.144. The summed E-state index contributed by atoms with van der Waals surface area (Å²) in [6, 6.07) is -0.350. The molecule has 0 saturated heterocycles. The fraction of sp³-hybridized carbons (Fsp3) is 0.900. The lowest BCUT2D eigenvalue weighted by atomic mass is 9.79. The highest BCUT2D eigenvalue weighted by Gasteiger charge is 2.31. The van der Waals surface area contributed by atoms with Gasteiger partial charge in [0.2, 0.25) is 0 Å². The minimum Gasteiger partial charge on any atom is -0.466 e. The van der Waals surface area contributed by atoms with E-state index in [4.69, 9.17) is 15.6 Å². The van der Waals surface area contributed by atoms with Gasteiger partial charge in [-0.15, -0.1) is 0 Å². The van der Waals surface area contributed by atoms with Gasteiger partial charge in [-0.1, -0.05) is 13.8 Å². The molecule has 0 saturated carbocycles. The molecule has 2 unspecified atom stereocenters. The quantitative estimate of drug-likeness (QED) is 0.622. The molecule has 0 aromatic heterocycles. The third kappa shape index (κ3) is 3.64. The predicted octanol–water partition coefficient (Wildman–Crippen LogP) is 0.675. The number of carbonyl (C=O) groups is 1. The summed E-state index contributed by atoms with van der Waals surface area (Å²) >= 11 is 0. The van der Waals surface area contributed by atoms with E-state index in [1.165, 1.54) is 0 Å². The molecular formula is C10H21NO3. The molecule has 0 radical (unpaired) electrons. The van der Waals surface area contributed by atoms with Crippen molar-refractivity contribution >= 4 is 5.97 Å². The first-order valence-corrected chi connectivity index (χ1v) is 5.02. The molecule has 0 bridgehead atoms. The molecule has 14 heavy (non-hydrogen) atoms. The van der Waals surface area contributed by atoms with Gasteiger partial charge in [-0.05, 0) is 13.3 Å². The van der Waals surface area contributed by atoms with Crippen LogP contribution in [0.15, 0.2) is 0 Å². The fourth-order valence-corrected chi connectivity index (χ4v) is 1.14. The van der Waals surface area contributed by atoms with Crippen molar-refractivity contribution in [2.45, 2.75) is 39.7 Å². The lowest BCUT2D eigenvalue weighted by Crippen LogP contribution is -2.43. The van der Waals surface area contributed by atoms with E-state index >= 15 is 0 Å². The molecule has 0 aromatic carbocycles. The minimum absolute atomic E-state index is 0.00985. The molecule has 0 aliphatic rings. The Kier molecular flexibility index (Phi) is 5.72. The van der Waals surface area contributed by atoms with Crippen molar-refractivity contribution in [2.24, 2.45) is 11.1 Å². The second-order valence-electron chi connectivity index (χ2n) is 3.78. The molecule has 0 amide bonds. The molecule has 0 spiro atoms. The number of aliphatic hydroxyl groups excluding tert-OH is 1. The normalized spacial score (nSPS) is 17.2. The molecule has 84 valence electrons. The third-order valence-electron chi connectivity index (χ3n) is 2.76. The predicted molar refractivity (Wildman–Crippen MR) is 54.7 cm³/mol. The number of ether oxygens (including phenoxy) is 1. The van der Waals surface area contributed by atoms with E-state index in [1.807, 2.05) is 13.8 Å². The molecule has 0 aliphatic heterocycles. The summed E-state index contributed by atoms with van der Waals surface area (Å²) in [5.74, 6) is -0.298. The van der Waals surface area contributed by atoms with Crippen LogP contribution in [0.3, 0.4) is 0 Å². The Morgan fingerprint density at radius 3 is 2.50 bits per heavy atom. The van der Waals surface area contributed by atoms with Crippen molar-refractivity contribution in [1.29, 1.82) is 0 Å². The van der Waals surface area contributed by atoms with Crippen LogP contribution in [0.2, 0.25) is 0 Å². The van der Waals surface area contributed by atoms with Gasteiger partial charge in [-0.25, -0.2) is 0 Å². The molecule has 0 rings (SSSR count). The summed E-state index contributed by atoms with van der Waals surface area (Å²) in [6.45, 7) is 5.93. The zero-order valence-corrected chi connectivity index (χ0v) is 9.25. The molecular weight excluding hydrogens is 182 g/mol. The second-order valence-corrected chi connectivity index (χ2v) is 3.78. The van der Waals surface area contributed by atoms with Gasteiger partial charge in [0, 0.05) is 18.1 Å². The monoisotopic (exact) mass is 203 g/mol. The van der Waals surface area contributed by atoms with Crippen LogP contribution >= 0.6 is 0 Å². The fourth-order valence-electron chi connectivity index (χ4n) is 1.14. The first-order chi connectivity index (χ1) is 6.50. The number of rotatable bonds is 6. The summed E-state index contributed by atoms with van der Waals surface area (Å²) in [6.07, 6.45) is 0.906. The van der Waals surface area contributed by atoms with E-state index in [1.54, 1.807) is 6.92 Å². The van der Waals surface area contributed by atoms with Gasteiger partial charge in [0.25, 0.3) is 0 Å². The van der Waals surface area contributed by atoms with Crippen molar-refractivity contribution in [2.75, 3.05) is 13.2 Å². The topological polar surface area (TPSA) is 72.5 Å². The minimum atomic E-state index is -0.396. The van der Waals surface area contributed by atoms with Crippen molar-refractivity contribution in [3.05, 3.63) is 0 Å². The van der Waals surface area contributed by atoms with E-state index in [0.29, 0.717) is 6.61 Å². The van der Waals surface area contributed by atoms with Crippen LogP contribution in [-0.2, 0) is 9.53 Å². The zero-order chi connectivity index (χ0) is 11.2. The third-order valence-corrected chi connectivity index (χ3v) is 2.76. The van der Waals surface area contributed by atoms with Crippen molar-refractivity contribution < 1.29 is 14.6 Å². The smallest absolute Gasteiger partial charge is 0.307 e. The number of hydrogen-bond donors (Lipinski definition) is 2. The summed E-state index contributed by atoms with van der Waals surface area (Å²) in [4.78, 5) is 11.1. The summed E-state index contributed by atoms with van der Waals surface area (Å²) in [7, 11) is 0. The van der Waals surface area contributed by atoms with Gasteiger partial charge >= 0.3 is 5.97 Å². The van der Waals surface area contributed by atoms with Crippen LogP contribution in [-0.4, -0.2) is 30.3 Å². The van der Waals surface area contributed by atoms with E-state index in [0.717, 1.165) is 6.42 Å². The van der Waals surface area contributed by atoms with Gasteiger partial charge in [-0.2, -0.15) is 0 Å². The highest BCUT2D eigenvalue weighted by atomic mass is 16.5. The molecule has 0 aliphatic carbocycles. The SMILES string of the molecule is CCOC(=O)CC(N)C(C)(CC)CO. The van der Waals surface area contributed by atoms with Crippen LogP contribution in [0.25, 0.3) is 0 Å². The Morgan fingerprint density at radius 2 is 2.14 bits per heavy atom. The lowest BCUT2D eigenvalue weighted by Gasteiger charge is -2.31. The molecule has 0 aromatic rings. The Bertz CT molecular complexity index is 178. The molecule has 4 heteroatoms. The van der Waals surface area contributed by atoms with Crippen LogP contribution < -0.4 is 5.73 Å². The van der Waals surface area contributed by atoms with E-state index in [-0.39, 0.29) is 25.0 Å². The maximum atomic E-state index is 11.1. The average molecular weight is 203 g/mol. The Hall–Kier alpha value is -0.610. The maximum Gasteiger partial charge on any atom is 0.307 e. The van der Waals surface area contributed by atoms with Crippen LogP contribution in [0.1, 0.15) is 33.6 Å².